The molecule has 3 amide bonds. The molecule has 1 aliphatic carbocycles. The minimum Gasteiger partial charge on any atom is -0.371 e. The van der Waals surface area contributed by atoms with Gasteiger partial charge in [-0.25, -0.2) is 4.79 Å². The Labute approximate surface area is 184 Å². The van der Waals surface area contributed by atoms with Gasteiger partial charge in [-0.3, -0.25) is 9.69 Å². The lowest BCUT2D eigenvalue weighted by molar-refractivity contribution is -0.121. The van der Waals surface area contributed by atoms with Gasteiger partial charge in [-0.15, -0.1) is 0 Å². The molecule has 0 radical (unpaired) electrons. The van der Waals surface area contributed by atoms with E-state index in [0.29, 0.717) is 57.0 Å². The largest absolute Gasteiger partial charge is 0.371 e. The Morgan fingerprint density at radius 3 is 2.65 bits per heavy atom. The molecule has 2 heterocycles. The van der Waals surface area contributed by atoms with Crippen molar-refractivity contribution < 1.29 is 18.8 Å². The van der Waals surface area contributed by atoms with Crippen LogP contribution >= 0.6 is 0 Å². The summed E-state index contributed by atoms with van der Waals surface area (Å²) in [6, 6.07) is 0.193. The van der Waals surface area contributed by atoms with Crippen molar-refractivity contribution in [2.24, 2.45) is 0 Å². The molecule has 1 atom stereocenters. The van der Waals surface area contributed by atoms with Gasteiger partial charge in [0.1, 0.15) is 6.10 Å². The van der Waals surface area contributed by atoms with E-state index in [1.54, 1.807) is 4.90 Å². The van der Waals surface area contributed by atoms with Gasteiger partial charge in [0.2, 0.25) is 11.8 Å². The third-order valence-corrected chi connectivity index (χ3v) is 5.88. The van der Waals surface area contributed by atoms with Crippen molar-refractivity contribution in [2.45, 2.75) is 71.1 Å². The van der Waals surface area contributed by atoms with E-state index in [2.05, 4.69) is 25.7 Å². The zero-order valence-electron chi connectivity index (χ0n) is 18.8. The summed E-state index contributed by atoms with van der Waals surface area (Å²) in [6.45, 7) is 8.05. The van der Waals surface area contributed by atoms with E-state index in [0.717, 1.165) is 25.9 Å². The molecule has 1 saturated heterocycles. The van der Waals surface area contributed by atoms with Gasteiger partial charge in [0.05, 0.1) is 6.54 Å². The van der Waals surface area contributed by atoms with Crippen LogP contribution in [0.2, 0.25) is 0 Å². The first kappa shape index (κ1) is 23.5. The van der Waals surface area contributed by atoms with Gasteiger partial charge in [0.25, 0.3) is 0 Å². The van der Waals surface area contributed by atoms with Crippen molar-refractivity contribution in [2.75, 3.05) is 39.3 Å². The number of rotatable bonds is 9. The maximum Gasteiger partial charge on any atom is 0.317 e. The minimum atomic E-state index is -0.187. The molecule has 174 valence electrons. The standard InChI is InChI=1S/C21H36N6O4/c1-3-30-16(2)20-24-19(31-25-20)15-26-11-13-27(14-12-26)21(29)22-10-9-18(28)23-17-7-5-4-6-8-17/h16-17H,3-15H2,1-2H3,(H,22,29)(H,23,28). The summed E-state index contributed by atoms with van der Waals surface area (Å²) in [5.74, 6) is 1.14. The summed E-state index contributed by atoms with van der Waals surface area (Å²) in [6.07, 6.45) is 5.91. The number of carbonyl (C=O) groups excluding carboxylic acids is 2. The second kappa shape index (κ2) is 12.0. The molecule has 0 aromatic carbocycles. The summed E-state index contributed by atoms with van der Waals surface area (Å²) >= 11 is 0. The van der Waals surface area contributed by atoms with Crippen LogP contribution in [0.25, 0.3) is 0 Å². The van der Waals surface area contributed by atoms with Crippen molar-refractivity contribution in [3.05, 3.63) is 11.7 Å². The van der Waals surface area contributed by atoms with E-state index in [1.165, 1.54) is 19.3 Å². The predicted molar refractivity (Wildman–Crippen MR) is 114 cm³/mol. The molecule has 1 aromatic rings. The monoisotopic (exact) mass is 436 g/mol. The number of ether oxygens (including phenoxy) is 1. The first-order valence-corrected chi connectivity index (χ1v) is 11.5. The van der Waals surface area contributed by atoms with Crippen molar-refractivity contribution in [1.82, 2.24) is 30.6 Å². The van der Waals surface area contributed by atoms with Gasteiger partial charge >= 0.3 is 6.03 Å². The maximum absolute atomic E-state index is 12.4. The van der Waals surface area contributed by atoms with E-state index in [-0.39, 0.29) is 18.0 Å². The Balaban J connectivity index is 1.31. The summed E-state index contributed by atoms with van der Waals surface area (Å²) < 4.78 is 10.8. The lowest BCUT2D eigenvalue weighted by Gasteiger charge is -2.33. The molecule has 2 N–H and O–H groups in total. The number of hydrogen-bond acceptors (Lipinski definition) is 7. The number of aromatic nitrogens is 2. The summed E-state index contributed by atoms with van der Waals surface area (Å²) in [4.78, 5) is 32.8. The zero-order chi connectivity index (χ0) is 22.1. The number of carbonyl (C=O) groups is 2. The first-order valence-electron chi connectivity index (χ1n) is 11.5. The molecule has 3 rings (SSSR count). The van der Waals surface area contributed by atoms with Crippen molar-refractivity contribution in [3.8, 4) is 0 Å². The Kier molecular flexibility index (Phi) is 9.08. The van der Waals surface area contributed by atoms with Crippen molar-refractivity contribution in [3.63, 3.8) is 0 Å². The fraction of sp³-hybridized carbons (Fsp3) is 0.810. The lowest BCUT2D eigenvalue weighted by atomic mass is 9.95. The number of nitrogens with zero attached hydrogens (tertiary/aromatic N) is 4. The van der Waals surface area contributed by atoms with Gasteiger partial charge < -0.3 is 24.8 Å². The molecule has 2 fully saturated rings. The Morgan fingerprint density at radius 2 is 1.94 bits per heavy atom. The zero-order valence-corrected chi connectivity index (χ0v) is 18.8. The number of hydrogen-bond donors (Lipinski definition) is 2. The molecule has 10 nitrogen and oxygen atoms in total. The highest BCUT2D eigenvalue weighted by Crippen LogP contribution is 2.17. The first-order chi connectivity index (χ1) is 15.0. The van der Waals surface area contributed by atoms with Crippen LogP contribution < -0.4 is 10.6 Å². The molecule has 31 heavy (non-hydrogen) atoms. The molecule has 0 spiro atoms. The van der Waals surface area contributed by atoms with Crippen LogP contribution in [0.3, 0.4) is 0 Å². The highest BCUT2D eigenvalue weighted by atomic mass is 16.5. The van der Waals surface area contributed by atoms with Crippen molar-refractivity contribution in [1.29, 1.82) is 0 Å². The molecule has 10 heteroatoms. The number of piperazine rings is 1. The Morgan fingerprint density at radius 1 is 1.19 bits per heavy atom. The van der Waals surface area contributed by atoms with Crippen LogP contribution in [-0.2, 0) is 16.1 Å². The van der Waals surface area contributed by atoms with Crippen molar-refractivity contribution >= 4 is 11.9 Å². The van der Waals surface area contributed by atoms with Crippen LogP contribution in [-0.4, -0.2) is 77.3 Å². The molecule has 1 unspecified atom stereocenters. The van der Waals surface area contributed by atoms with Gasteiger partial charge in [0.15, 0.2) is 5.82 Å². The summed E-state index contributed by atoms with van der Waals surface area (Å²) in [5, 5.41) is 9.93. The van der Waals surface area contributed by atoms with Crippen LogP contribution in [0.15, 0.2) is 4.52 Å². The predicted octanol–water partition coefficient (Wildman–Crippen LogP) is 1.83. The molecule has 1 aromatic heterocycles. The third kappa shape index (κ3) is 7.46. The van der Waals surface area contributed by atoms with Gasteiger partial charge in [-0.05, 0) is 26.7 Å². The third-order valence-electron chi connectivity index (χ3n) is 5.88. The topological polar surface area (TPSA) is 113 Å². The average Bonchev–Trinajstić information content (AvgIpc) is 3.24. The fourth-order valence-electron chi connectivity index (χ4n) is 4.06. The molecule has 2 aliphatic rings. The van der Waals surface area contributed by atoms with E-state index in [4.69, 9.17) is 9.26 Å². The normalized spacial score (nSPS) is 19.2. The molecule has 1 saturated carbocycles. The highest BCUT2D eigenvalue weighted by Gasteiger charge is 2.23. The van der Waals surface area contributed by atoms with Crippen LogP contribution in [0.4, 0.5) is 4.79 Å². The maximum atomic E-state index is 12.4. The van der Waals surface area contributed by atoms with E-state index in [1.807, 2.05) is 13.8 Å². The van der Waals surface area contributed by atoms with Crippen LogP contribution in [0.1, 0.15) is 70.2 Å². The van der Waals surface area contributed by atoms with E-state index >= 15 is 0 Å². The summed E-state index contributed by atoms with van der Waals surface area (Å²) in [5.41, 5.74) is 0. The van der Waals surface area contributed by atoms with Crippen LogP contribution in [0.5, 0.6) is 0 Å². The Bertz CT molecular complexity index is 698. The fourth-order valence-corrected chi connectivity index (χ4v) is 4.06. The molecular formula is C21H36N6O4. The smallest absolute Gasteiger partial charge is 0.317 e. The lowest BCUT2D eigenvalue weighted by Crippen LogP contribution is -2.51. The van der Waals surface area contributed by atoms with Gasteiger partial charge in [-0.2, -0.15) is 4.98 Å². The number of urea groups is 1. The SMILES string of the molecule is CCOC(C)c1noc(CN2CCN(C(=O)NCCC(=O)NC3CCCCC3)CC2)n1. The van der Waals surface area contributed by atoms with Gasteiger partial charge in [0, 0.05) is 51.8 Å². The van der Waals surface area contributed by atoms with E-state index in [9.17, 15) is 9.59 Å². The Hall–Kier alpha value is -2.20. The highest BCUT2D eigenvalue weighted by molar-refractivity contribution is 5.78. The molecule has 0 bridgehead atoms. The quantitative estimate of drug-likeness (QED) is 0.607. The number of nitrogens with one attached hydrogen (secondary N) is 2. The second-order valence-electron chi connectivity index (χ2n) is 8.29. The average molecular weight is 437 g/mol. The van der Waals surface area contributed by atoms with Gasteiger partial charge in [-0.1, -0.05) is 24.4 Å². The molecular weight excluding hydrogens is 400 g/mol. The molecule has 1 aliphatic heterocycles. The summed E-state index contributed by atoms with van der Waals surface area (Å²) in [7, 11) is 0. The van der Waals surface area contributed by atoms with Crippen LogP contribution in [0, 0.1) is 0 Å². The second-order valence-corrected chi connectivity index (χ2v) is 8.29. The van der Waals surface area contributed by atoms with E-state index < -0.39 is 0 Å². The minimum absolute atomic E-state index is 0.0228. The number of amides is 3.